The minimum atomic E-state index is -0.136. The Bertz CT molecular complexity index is 298. The number of hydrogen-bond acceptors (Lipinski definition) is 2. The minimum absolute atomic E-state index is 0.136. The standard InChI is InChI=1S/C12H15BrO2/c1-15-12(14)9-5-8-11(13)10-6-3-2-4-7-10/h2-4,6-7,11H,5,8-9H2,1H3. The monoisotopic (exact) mass is 270 g/mol. The highest BCUT2D eigenvalue weighted by Crippen LogP contribution is 2.27. The summed E-state index contributed by atoms with van der Waals surface area (Å²) in [6, 6.07) is 10.2. The molecule has 0 aromatic heterocycles. The molecule has 3 heteroatoms. The maximum atomic E-state index is 10.9. The van der Waals surface area contributed by atoms with Crippen LogP contribution in [0.2, 0.25) is 0 Å². The molecule has 0 aliphatic heterocycles. The van der Waals surface area contributed by atoms with Crippen molar-refractivity contribution in [2.45, 2.75) is 24.1 Å². The van der Waals surface area contributed by atoms with E-state index in [1.165, 1.54) is 12.7 Å². The van der Waals surface area contributed by atoms with Crippen LogP contribution in [0.1, 0.15) is 29.7 Å². The topological polar surface area (TPSA) is 26.3 Å². The van der Waals surface area contributed by atoms with E-state index in [-0.39, 0.29) is 5.97 Å². The number of rotatable bonds is 5. The Labute approximate surface area is 98.8 Å². The van der Waals surface area contributed by atoms with Crippen molar-refractivity contribution in [1.29, 1.82) is 0 Å². The van der Waals surface area contributed by atoms with Crippen molar-refractivity contribution >= 4 is 21.9 Å². The molecule has 15 heavy (non-hydrogen) atoms. The zero-order valence-corrected chi connectivity index (χ0v) is 10.4. The molecule has 2 nitrogen and oxygen atoms in total. The van der Waals surface area contributed by atoms with Gasteiger partial charge in [0, 0.05) is 11.2 Å². The molecule has 0 saturated heterocycles. The Morgan fingerprint density at radius 3 is 2.67 bits per heavy atom. The fraction of sp³-hybridized carbons (Fsp3) is 0.417. The first-order chi connectivity index (χ1) is 7.24. The van der Waals surface area contributed by atoms with Crippen LogP contribution in [-0.2, 0) is 9.53 Å². The first-order valence-corrected chi connectivity index (χ1v) is 5.91. The highest BCUT2D eigenvalue weighted by Gasteiger charge is 2.08. The summed E-state index contributed by atoms with van der Waals surface area (Å²) in [6.07, 6.45) is 2.28. The van der Waals surface area contributed by atoms with E-state index in [1.54, 1.807) is 0 Å². The number of benzene rings is 1. The molecule has 1 aromatic carbocycles. The number of alkyl halides is 1. The third-order valence-corrected chi connectivity index (χ3v) is 3.21. The van der Waals surface area contributed by atoms with Gasteiger partial charge in [-0.1, -0.05) is 46.3 Å². The average molecular weight is 271 g/mol. The van der Waals surface area contributed by atoms with Gasteiger partial charge >= 0.3 is 5.97 Å². The summed E-state index contributed by atoms with van der Waals surface area (Å²) in [7, 11) is 1.42. The summed E-state index contributed by atoms with van der Waals surface area (Å²) in [5.41, 5.74) is 1.25. The van der Waals surface area contributed by atoms with Crippen LogP contribution in [0.3, 0.4) is 0 Å². The zero-order chi connectivity index (χ0) is 11.1. The second-order valence-electron chi connectivity index (χ2n) is 3.35. The van der Waals surface area contributed by atoms with Crippen molar-refractivity contribution < 1.29 is 9.53 Å². The summed E-state index contributed by atoms with van der Waals surface area (Å²) in [5.74, 6) is -0.136. The van der Waals surface area contributed by atoms with E-state index >= 15 is 0 Å². The fourth-order valence-corrected chi connectivity index (χ4v) is 1.99. The van der Waals surface area contributed by atoms with Crippen LogP contribution in [0.4, 0.5) is 0 Å². The molecule has 0 heterocycles. The van der Waals surface area contributed by atoms with E-state index in [1.807, 2.05) is 18.2 Å². The van der Waals surface area contributed by atoms with E-state index in [0.29, 0.717) is 11.2 Å². The van der Waals surface area contributed by atoms with Crippen LogP contribution in [0.25, 0.3) is 0 Å². The van der Waals surface area contributed by atoms with Crippen LogP contribution in [0.5, 0.6) is 0 Å². The van der Waals surface area contributed by atoms with Crippen LogP contribution >= 0.6 is 15.9 Å². The van der Waals surface area contributed by atoms with Gasteiger partial charge in [-0.05, 0) is 18.4 Å². The molecule has 0 aliphatic carbocycles. The maximum absolute atomic E-state index is 10.9. The van der Waals surface area contributed by atoms with Crippen LogP contribution in [0, 0.1) is 0 Å². The number of carbonyl (C=O) groups excluding carboxylic acids is 1. The predicted octanol–water partition coefficient (Wildman–Crippen LogP) is 3.47. The van der Waals surface area contributed by atoms with Crippen molar-refractivity contribution in [3.8, 4) is 0 Å². The zero-order valence-electron chi connectivity index (χ0n) is 8.78. The SMILES string of the molecule is COC(=O)CCCC(Br)c1ccccc1. The number of carbonyl (C=O) groups is 1. The molecule has 0 amide bonds. The summed E-state index contributed by atoms with van der Waals surface area (Å²) in [6.45, 7) is 0. The number of esters is 1. The lowest BCUT2D eigenvalue weighted by molar-refractivity contribution is -0.140. The molecule has 1 aromatic rings. The first kappa shape index (κ1) is 12.2. The highest BCUT2D eigenvalue weighted by atomic mass is 79.9. The summed E-state index contributed by atoms with van der Waals surface area (Å²) >= 11 is 3.61. The van der Waals surface area contributed by atoms with Crippen LogP contribution in [-0.4, -0.2) is 13.1 Å². The van der Waals surface area contributed by atoms with Gasteiger partial charge in [0.05, 0.1) is 7.11 Å². The quantitative estimate of drug-likeness (QED) is 0.605. The molecule has 0 bridgehead atoms. The van der Waals surface area contributed by atoms with Gasteiger partial charge in [0.2, 0.25) is 0 Å². The molecule has 82 valence electrons. The van der Waals surface area contributed by atoms with Crippen molar-refractivity contribution in [2.75, 3.05) is 7.11 Å². The van der Waals surface area contributed by atoms with E-state index in [0.717, 1.165) is 12.8 Å². The molecule has 0 saturated carbocycles. The minimum Gasteiger partial charge on any atom is -0.469 e. The van der Waals surface area contributed by atoms with Gasteiger partial charge < -0.3 is 4.74 Å². The largest absolute Gasteiger partial charge is 0.469 e. The summed E-state index contributed by atoms with van der Waals surface area (Å²) in [4.78, 5) is 11.2. The van der Waals surface area contributed by atoms with Crippen molar-refractivity contribution in [2.24, 2.45) is 0 Å². The third kappa shape index (κ3) is 4.47. The summed E-state index contributed by atoms with van der Waals surface area (Å²) < 4.78 is 4.58. The number of halogens is 1. The van der Waals surface area contributed by atoms with E-state index in [9.17, 15) is 4.79 Å². The van der Waals surface area contributed by atoms with E-state index in [2.05, 4.69) is 32.8 Å². The lowest BCUT2D eigenvalue weighted by Crippen LogP contribution is -2.00. The molecule has 1 rings (SSSR count). The maximum Gasteiger partial charge on any atom is 0.305 e. The van der Waals surface area contributed by atoms with Gasteiger partial charge in [-0.3, -0.25) is 4.79 Å². The van der Waals surface area contributed by atoms with Crippen molar-refractivity contribution in [3.05, 3.63) is 35.9 Å². The van der Waals surface area contributed by atoms with Gasteiger partial charge in [0.15, 0.2) is 0 Å². The second kappa shape index (κ2) is 6.62. The highest BCUT2D eigenvalue weighted by molar-refractivity contribution is 9.09. The molecule has 0 radical (unpaired) electrons. The molecule has 0 aliphatic rings. The smallest absolute Gasteiger partial charge is 0.305 e. The number of hydrogen-bond donors (Lipinski definition) is 0. The average Bonchev–Trinajstić information content (AvgIpc) is 2.29. The molecule has 1 atom stereocenters. The Kier molecular flexibility index (Phi) is 5.40. The van der Waals surface area contributed by atoms with Crippen LogP contribution < -0.4 is 0 Å². The number of ether oxygens (including phenoxy) is 1. The van der Waals surface area contributed by atoms with Gasteiger partial charge in [-0.15, -0.1) is 0 Å². The number of methoxy groups -OCH3 is 1. The molecule has 0 N–H and O–H groups in total. The summed E-state index contributed by atoms with van der Waals surface area (Å²) in [5, 5.41) is 0. The fourth-order valence-electron chi connectivity index (χ4n) is 1.36. The molecular weight excluding hydrogens is 256 g/mol. The normalized spacial score (nSPS) is 12.1. The molecule has 1 unspecified atom stereocenters. The Hall–Kier alpha value is -0.830. The molecule has 0 fully saturated rings. The Balaban J connectivity index is 2.31. The van der Waals surface area contributed by atoms with E-state index in [4.69, 9.17) is 0 Å². The lowest BCUT2D eigenvalue weighted by atomic mass is 10.1. The van der Waals surface area contributed by atoms with Crippen molar-refractivity contribution in [1.82, 2.24) is 0 Å². The van der Waals surface area contributed by atoms with Gasteiger partial charge in [-0.25, -0.2) is 0 Å². The first-order valence-electron chi connectivity index (χ1n) is 5.00. The third-order valence-electron chi connectivity index (χ3n) is 2.23. The van der Waals surface area contributed by atoms with Gasteiger partial charge in [0.1, 0.15) is 0 Å². The Morgan fingerprint density at radius 1 is 1.40 bits per heavy atom. The lowest BCUT2D eigenvalue weighted by Gasteiger charge is -2.08. The van der Waals surface area contributed by atoms with Crippen LogP contribution in [0.15, 0.2) is 30.3 Å². The predicted molar refractivity (Wildman–Crippen MR) is 64.0 cm³/mol. The van der Waals surface area contributed by atoms with Gasteiger partial charge in [-0.2, -0.15) is 0 Å². The Morgan fingerprint density at radius 2 is 2.07 bits per heavy atom. The van der Waals surface area contributed by atoms with Crippen molar-refractivity contribution in [3.63, 3.8) is 0 Å². The van der Waals surface area contributed by atoms with E-state index < -0.39 is 0 Å². The molecular formula is C12H15BrO2. The second-order valence-corrected chi connectivity index (χ2v) is 4.45. The van der Waals surface area contributed by atoms with Gasteiger partial charge in [0.25, 0.3) is 0 Å². The molecule has 0 spiro atoms.